The van der Waals surface area contributed by atoms with Gasteiger partial charge in [0.2, 0.25) is 0 Å². The van der Waals surface area contributed by atoms with Crippen LogP contribution in [0.4, 0.5) is 11.5 Å². The maximum Gasteiger partial charge on any atom is 0.143 e. The maximum atomic E-state index is 4.60. The van der Waals surface area contributed by atoms with E-state index in [0.717, 1.165) is 21.7 Å². The smallest absolute Gasteiger partial charge is 0.143 e. The number of hydrogen-bond acceptors (Lipinski definition) is 4. The van der Waals surface area contributed by atoms with Crippen LogP contribution in [0, 0.1) is 20.8 Å². The van der Waals surface area contributed by atoms with E-state index in [-0.39, 0.29) is 5.41 Å². The van der Waals surface area contributed by atoms with Crippen molar-refractivity contribution in [3.63, 3.8) is 0 Å². The second-order valence-electron chi connectivity index (χ2n) is 8.69. The predicted octanol–water partition coefficient (Wildman–Crippen LogP) is 7.32. The van der Waals surface area contributed by atoms with E-state index in [2.05, 4.69) is 99.3 Å². The van der Waals surface area contributed by atoms with E-state index in [4.69, 9.17) is 0 Å². The van der Waals surface area contributed by atoms with Gasteiger partial charge in [0.05, 0.1) is 5.39 Å². The van der Waals surface area contributed by atoms with Crippen molar-refractivity contribution in [3.05, 3.63) is 70.4 Å². The number of aromatic nitrogens is 2. The molecule has 0 unspecified atom stereocenters. The summed E-state index contributed by atoms with van der Waals surface area (Å²) in [4.78, 5) is 11.4. The molecule has 0 amide bonds. The molecule has 0 saturated heterocycles. The Morgan fingerprint density at radius 1 is 0.862 bits per heavy atom. The Balaban J connectivity index is 1.80. The first-order chi connectivity index (χ1) is 13.7. The van der Waals surface area contributed by atoms with E-state index >= 15 is 0 Å². The fraction of sp³-hybridized carbons (Fsp3) is 0.280. The van der Waals surface area contributed by atoms with Gasteiger partial charge in [-0.1, -0.05) is 51.1 Å². The fourth-order valence-electron chi connectivity index (χ4n) is 3.57. The van der Waals surface area contributed by atoms with Gasteiger partial charge < -0.3 is 5.32 Å². The van der Waals surface area contributed by atoms with Crippen molar-refractivity contribution < 1.29 is 0 Å². The first-order valence-electron chi connectivity index (χ1n) is 9.93. The van der Waals surface area contributed by atoms with Crippen LogP contribution in [0.15, 0.2) is 48.8 Å². The van der Waals surface area contributed by atoms with E-state index in [0.29, 0.717) is 0 Å². The number of thiophene rings is 1. The number of nitrogens with one attached hydrogen (secondary N) is 1. The first kappa shape index (κ1) is 19.6. The van der Waals surface area contributed by atoms with Crippen LogP contribution in [0.2, 0.25) is 0 Å². The molecule has 0 saturated carbocycles. The lowest BCUT2D eigenvalue weighted by Gasteiger charge is -2.19. The van der Waals surface area contributed by atoms with Crippen LogP contribution >= 0.6 is 11.3 Å². The quantitative estimate of drug-likeness (QED) is 0.391. The lowest BCUT2D eigenvalue weighted by Crippen LogP contribution is -2.10. The molecule has 4 aromatic rings. The van der Waals surface area contributed by atoms with Gasteiger partial charge in [0.1, 0.15) is 17.0 Å². The van der Waals surface area contributed by atoms with Crippen molar-refractivity contribution in [3.8, 4) is 11.1 Å². The third-order valence-electron chi connectivity index (χ3n) is 5.47. The van der Waals surface area contributed by atoms with Crippen molar-refractivity contribution in [1.82, 2.24) is 9.97 Å². The molecule has 0 bridgehead atoms. The summed E-state index contributed by atoms with van der Waals surface area (Å²) in [6, 6.07) is 15.3. The van der Waals surface area contributed by atoms with E-state index < -0.39 is 0 Å². The van der Waals surface area contributed by atoms with E-state index in [9.17, 15) is 0 Å². The summed E-state index contributed by atoms with van der Waals surface area (Å²) in [5.41, 5.74) is 7.54. The zero-order valence-corrected chi connectivity index (χ0v) is 18.7. The molecule has 2 aromatic heterocycles. The minimum atomic E-state index is 0.141. The molecular weight excluding hydrogens is 374 g/mol. The molecule has 0 aliphatic heterocycles. The number of aryl methyl sites for hydroxylation is 3. The van der Waals surface area contributed by atoms with Crippen molar-refractivity contribution in [2.75, 3.05) is 5.32 Å². The topological polar surface area (TPSA) is 37.8 Å². The van der Waals surface area contributed by atoms with Crippen LogP contribution in [0.5, 0.6) is 0 Å². The first-order valence-corrected chi connectivity index (χ1v) is 10.7. The summed E-state index contributed by atoms with van der Waals surface area (Å²) in [7, 11) is 0. The minimum Gasteiger partial charge on any atom is -0.340 e. The number of hydrogen-bond donors (Lipinski definition) is 1. The van der Waals surface area contributed by atoms with Gasteiger partial charge in [-0.25, -0.2) is 9.97 Å². The van der Waals surface area contributed by atoms with Gasteiger partial charge >= 0.3 is 0 Å². The van der Waals surface area contributed by atoms with E-state index in [1.807, 2.05) is 0 Å². The number of nitrogens with zero attached hydrogens (tertiary/aromatic N) is 2. The fourth-order valence-corrected chi connectivity index (χ4v) is 4.59. The van der Waals surface area contributed by atoms with Crippen LogP contribution in [-0.2, 0) is 5.41 Å². The second-order valence-corrected chi connectivity index (χ2v) is 9.89. The molecule has 1 N–H and O–H groups in total. The molecule has 148 valence electrons. The van der Waals surface area contributed by atoms with Crippen LogP contribution < -0.4 is 5.32 Å². The summed E-state index contributed by atoms with van der Waals surface area (Å²) >= 11 is 1.72. The Morgan fingerprint density at radius 2 is 1.59 bits per heavy atom. The van der Waals surface area contributed by atoms with Crippen molar-refractivity contribution >= 4 is 33.1 Å². The van der Waals surface area contributed by atoms with Crippen LogP contribution in [0.1, 0.15) is 42.3 Å². The van der Waals surface area contributed by atoms with Crippen LogP contribution in [0.3, 0.4) is 0 Å². The molecule has 0 atom stereocenters. The summed E-state index contributed by atoms with van der Waals surface area (Å²) < 4.78 is 0. The van der Waals surface area contributed by atoms with Crippen LogP contribution in [-0.4, -0.2) is 9.97 Å². The average molecular weight is 402 g/mol. The average Bonchev–Trinajstić information content (AvgIpc) is 3.01. The highest BCUT2D eigenvalue weighted by atomic mass is 32.1. The van der Waals surface area contributed by atoms with E-state index in [1.165, 1.54) is 32.7 Å². The molecule has 4 rings (SSSR count). The highest BCUT2D eigenvalue weighted by Gasteiger charge is 2.18. The number of benzene rings is 2. The molecule has 0 radical (unpaired) electrons. The number of anilines is 2. The highest BCUT2D eigenvalue weighted by Crippen LogP contribution is 2.41. The van der Waals surface area contributed by atoms with Crippen molar-refractivity contribution in [2.24, 2.45) is 0 Å². The highest BCUT2D eigenvalue weighted by molar-refractivity contribution is 7.19. The number of fused-ring (bicyclic) bond motifs is 1. The van der Waals surface area contributed by atoms with Gasteiger partial charge in [-0.15, -0.1) is 11.3 Å². The monoisotopic (exact) mass is 401 g/mol. The Labute approximate surface area is 176 Å². The molecule has 0 spiro atoms. The third-order valence-corrected chi connectivity index (χ3v) is 6.49. The minimum absolute atomic E-state index is 0.141. The van der Waals surface area contributed by atoms with Gasteiger partial charge in [-0.3, -0.25) is 0 Å². The van der Waals surface area contributed by atoms with Gasteiger partial charge in [-0.05, 0) is 60.6 Å². The van der Waals surface area contributed by atoms with Crippen LogP contribution in [0.25, 0.3) is 21.3 Å². The Hall–Kier alpha value is -2.72. The zero-order chi connectivity index (χ0) is 20.8. The van der Waals surface area contributed by atoms with Gasteiger partial charge in [0.25, 0.3) is 0 Å². The maximum absolute atomic E-state index is 4.60. The van der Waals surface area contributed by atoms with Crippen molar-refractivity contribution in [1.29, 1.82) is 0 Å². The lowest BCUT2D eigenvalue weighted by molar-refractivity contribution is 0.590. The molecular formula is C25H27N3S. The molecule has 29 heavy (non-hydrogen) atoms. The molecule has 0 aliphatic carbocycles. The predicted molar refractivity (Wildman–Crippen MR) is 125 cm³/mol. The Morgan fingerprint density at radius 3 is 2.24 bits per heavy atom. The van der Waals surface area contributed by atoms with Gasteiger partial charge in [0.15, 0.2) is 0 Å². The molecule has 2 heterocycles. The summed E-state index contributed by atoms with van der Waals surface area (Å²) in [6.45, 7) is 13.2. The number of rotatable bonds is 3. The summed E-state index contributed by atoms with van der Waals surface area (Å²) in [5, 5.41) is 4.63. The standard InChI is InChI=1S/C25H27N3S/c1-15-7-8-18(13-16(15)2)21-17(3)29-24-22(21)23(26-14-27-24)28-20-11-9-19(10-12-20)25(4,5)6/h7-14H,1-6H3,(H,26,27,28). The Kier molecular flexibility index (Phi) is 4.91. The van der Waals surface area contributed by atoms with Gasteiger partial charge in [0, 0.05) is 16.1 Å². The van der Waals surface area contributed by atoms with Gasteiger partial charge in [-0.2, -0.15) is 0 Å². The molecule has 2 aromatic carbocycles. The normalized spacial score (nSPS) is 11.8. The second kappa shape index (κ2) is 7.27. The largest absolute Gasteiger partial charge is 0.340 e. The lowest BCUT2D eigenvalue weighted by atomic mass is 9.87. The van der Waals surface area contributed by atoms with E-state index in [1.54, 1.807) is 17.7 Å². The zero-order valence-electron chi connectivity index (χ0n) is 17.9. The molecule has 4 heteroatoms. The van der Waals surface area contributed by atoms with Crippen molar-refractivity contribution in [2.45, 2.75) is 47.0 Å². The summed E-state index contributed by atoms with van der Waals surface area (Å²) in [5.74, 6) is 0.857. The molecule has 0 fully saturated rings. The molecule has 3 nitrogen and oxygen atoms in total. The summed E-state index contributed by atoms with van der Waals surface area (Å²) in [6.07, 6.45) is 1.65. The third kappa shape index (κ3) is 3.77. The Bertz CT molecular complexity index is 1180. The SMILES string of the molecule is Cc1ccc(-c2c(C)sc3ncnc(Nc4ccc(C(C)(C)C)cc4)c23)cc1C. The molecule has 0 aliphatic rings.